The van der Waals surface area contributed by atoms with Crippen molar-refractivity contribution in [1.29, 1.82) is 0 Å². The first-order chi connectivity index (χ1) is 7.48. The summed E-state index contributed by atoms with van der Waals surface area (Å²) < 4.78 is 0. The van der Waals surface area contributed by atoms with Gasteiger partial charge in [0.2, 0.25) is 0 Å². The van der Waals surface area contributed by atoms with E-state index in [0.29, 0.717) is 0 Å². The third kappa shape index (κ3) is 2.99. The number of halogens is 1. The first-order valence-corrected chi connectivity index (χ1v) is 5.73. The monoisotopic (exact) mass is 249 g/mol. The molecule has 2 heteroatoms. The van der Waals surface area contributed by atoms with Crippen LogP contribution in [0.3, 0.4) is 0 Å². The molecule has 17 heavy (non-hydrogen) atoms. The van der Waals surface area contributed by atoms with Crippen LogP contribution in [-0.2, 0) is 0 Å². The number of hydrogen-bond acceptors (Lipinski definition) is 1. The maximum atomic E-state index is 6.26. The van der Waals surface area contributed by atoms with Gasteiger partial charge in [-0.3, -0.25) is 0 Å². The summed E-state index contributed by atoms with van der Waals surface area (Å²) in [5.74, 6) is 0. The topological polar surface area (TPSA) is 26.0 Å². The standard InChI is InChI=1S/C15H19N.ClH/c1-15(2,3)14(16)13-9-8-11-6-4-5-7-12(11)10-13;/h4-10,14H,16H2,1-3H3;1H/t14-;/m0./s1. The van der Waals surface area contributed by atoms with Gasteiger partial charge >= 0.3 is 0 Å². The first kappa shape index (κ1) is 14.0. The quantitative estimate of drug-likeness (QED) is 0.801. The van der Waals surface area contributed by atoms with Crippen molar-refractivity contribution in [3.8, 4) is 0 Å². The highest BCUT2D eigenvalue weighted by molar-refractivity contribution is 5.85. The van der Waals surface area contributed by atoms with Crippen molar-refractivity contribution < 1.29 is 0 Å². The van der Waals surface area contributed by atoms with E-state index in [4.69, 9.17) is 5.73 Å². The fourth-order valence-corrected chi connectivity index (χ4v) is 1.90. The van der Waals surface area contributed by atoms with Gasteiger partial charge in [-0.25, -0.2) is 0 Å². The van der Waals surface area contributed by atoms with E-state index in [9.17, 15) is 0 Å². The van der Waals surface area contributed by atoms with E-state index >= 15 is 0 Å². The van der Waals surface area contributed by atoms with Crippen molar-refractivity contribution in [2.45, 2.75) is 26.8 Å². The second-order valence-electron chi connectivity index (χ2n) is 5.45. The van der Waals surface area contributed by atoms with E-state index in [1.54, 1.807) is 0 Å². The van der Waals surface area contributed by atoms with Gasteiger partial charge in [0.1, 0.15) is 0 Å². The Morgan fingerprint density at radius 3 is 2.12 bits per heavy atom. The van der Waals surface area contributed by atoms with Gasteiger partial charge in [-0.2, -0.15) is 0 Å². The molecule has 0 aromatic heterocycles. The number of hydrogen-bond donors (Lipinski definition) is 1. The summed E-state index contributed by atoms with van der Waals surface area (Å²) in [4.78, 5) is 0. The van der Waals surface area contributed by atoms with Gasteiger partial charge in [0, 0.05) is 6.04 Å². The molecule has 0 aliphatic carbocycles. The highest BCUT2D eigenvalue weighted by Crippen LogP contribution is 2.31. The normalized spacial score (nSPS) is 13.2. The van der Waals surface area contributed by atoms with E-state index in [-0.39, 0.29) is 23.9 Å². The molecule has 0 unspecified atom stereocenters. The molecule has 0 amide bonds. The number of nitrogens with two attached hydrogens (primary N) is 1. The highest BCUT2D eigenvalue weighted by atomic mass is 35.5. The summed E-state index contributed by atoms with van der Waals surface area (Å²) >= 11 is 0. The minimum atomic E-state index is 0. The predicted octanol–water partition coefficient (Wildman–Crippen LogP) is 4.31. The Morgan fingerprint density at radius 2 is 1.53 bits per heavy atom. The van der Waals surface area contributed by atoms with Crippen LogP contribution in [0.25, 0.3) is 10.8 Å². The van der Waals surface area contributed by atoms with Crippen LogP contribution in [-0.4, -0.2) is 0 Å². The predicted molar refractivity (Wildman–Crippen MR) is 77.6 cm³/mol. The van der Waals surface area contributed by atoms with Gasteiger partial charge in [-0.15, -0.1) is 12.4 Å². The third-order valence-corrected chi connectivity index (χ3v) is 3.07. The van der Waals surface area contributed by atoms with Gasteiger partial charge in [0.05, 0.1) is 0 Å². The zero-order valence-corrected chi connectivity index (χ0v) is 11.4. The van der Waals surface area contributed by atoms with Gasteiger partial charge < -0.3 is 5.73 Å². The van der Waals surface area contributed by atoms with Crippen LogP contribution in [0.15, 0.2) is 42.5 Å². The van der Waals surface area contributed by atoms with Gasteiger partial charge in [-0.1, -0.05) is 57.2 Å². The van der Waals surface area contributed by atoms with Crippen LogP contribution in [0, 0.1) is 5.41 Å². The van der Waals surface area contributed by atoms with Crippen LogP contribution in [0.5, 0.6) is 0 Å². The van der Waals surface area contributed by atoms with Crippen molar-refractivity contribution in [3.05, 3.63) is 48.0 Å². The Morgan fingerprint density at radius 1 is 0.941 bits per heavy atom. The van der Waals surface area contributed by atoms with Crippen LogP contribution < -0.4 is 5.73 Å². The third-order valence-electron chi connectivity index (χ3n) is 3.07. The largest absolute Gasteiger partial charge is 0.324 e. The molecule has 92 valence electrons. The van der Waals surface area contributed by atoms with Gasteiger partial charge in [0.15, 0.2) is 0 Å². The van der Waals surface area contributed by atoms with E-state index < -0.39 is 0 Å². The SMILES string of the molecule is CC(C)(C)[C@@H](N)c1ccc2ccccc2c1.Cl. The molecule has 0 bridgehead atoms. The summed E-state index contributed by atoms with van der Waals surface area (Å²) in [6.07, 6.45) is 0. The second kappa shape index (κ2) is 5.07. The average molecular weight is 250 g/mol. The lowest BCUT2D eigenvalue weighted by Gasteiger charge is -2.27. The molecule has 2 N–H and O–H groups in total. The molecule has 0 spiro atoms. The van der Waals surface area contributed by atoms with Crippen LogP contribution >= 0.6 is 12.4 Å². The molecule has 0 saturated carbocycles. The Balaban J connectivity index is 0.00000144. The lowest BCUT2D eigenvalue weighted by atomic mass is 9.82. The van der Waals surface area contributed by atoms with Gasteiger partial charge in [0.25, 0.3) is 0 Å². The minimum Gasteiger partial charge on any atom is -0.324 e. The number of rotatable bonds is 1. The number of fused-ring (bicyclic) bond motifs is 1. The first-order valence-electron chi connectivity index (χ1n) is 5.73. The lowest BCUT2D eigenvalue weighted by Crippen LogP contribution is -2.26. The van der Waals surface area contributed by atoms with Crippen molar-refractivity contribution in [3.63, 3.8) is 0 Å². The molecule has 2 rings (SSSR count). The summed E-state index contributed by atoms with van der Waals surface area (Å²) in [7, 11) is 0. The van der Waals surface area contributed by atoms with Crippen LogP contribution in [0.1, 0.15) is 32.4 Å². The zero-order valence-electron chi connectivity index (χ0n) is 10.6. The Bertz CT molecular complexity index is 499. The van der Waals surface area contributed by atoms with E-state index in [0.717, 1.165) is 0 Å². The Labute approximate surface area is 109 Å². The zero-order chi connectivity index (χ0) is 11.8. The molecule has 0 heterocycles. The molecule has 0 aliphatic heterocycles. The summed E-state index contributed by atoms with van der Waals surface area (Å²) in [6, 6.07) is 15.0. The average Bonchev–Trinajstić information content (AvgIpc) is 2.26. The van der Waals surface area contributed by atoms with Crippen LogP contribution in [0.2, 0.25) is 0 Å². The molecule has 1 nitrogen and oxygen atoms in total. The van der Waals surface area contributed by atoms with E-state index in [1.807, 2.05) is 0 Å². The van der Waals surface area contributed by atoms with Gasteiger partial charge in [-0.05, 0) is 27.8 Å². The molecular formula is C15H20ClN. The molecular weight excluding hydrogens is 230 g/mol. The van der Waals surface area contributed by atoms with E-state index in [2.05, 4.69) is 63.2 Å². The van der Waals surface area contributed by atoms with Crippen molar-refractivity contribution in [2.75, 3.05) is 0 Å². The molecule has 0 aliphatic rings. The minimum absolute atomic E-state index is 0. The van der Waals surface area contributed by atoms with Crippen LogP contribution in [0.4, 0.5) is 0 Å². The molecule has 0 fully saturated rings. The highest BCUT2D eigenvalue weighted by Gasteiger charge is 2.22. The summed E-state index contributed by atoms with van der Waals surface area (Å²) in [6.45, 7) is 6.52. The summed E-state index contributed by atoms with van der Waals surface area (Å²) in [5, 5.41) is 2.53. The summed E-state index contributed by atoms with van der Waals surface area (Å²) in [5.41, 5.74) is 7.58. The molecule has 1 atom stereocenters. The van der Waals surface area contributed by atoms with Crippen molar-refractivity contribution in [1.82, 2.24) is 0 Å². The fourth-order valence-electron chi connectivity index (χ4n) is 1.90. The van der Waals surface area contributed by atoms with Crippen molar-refractivity contribution in [2.24, 2.45) is 11.1 Å². The number of benzene rings is 2. The van der Waals surface area contributed by atoms with E-state index in [1.165, 1.54) is 16.3 Å². The Kier molecular flexibility index (Phi) is 4.18. The Hall–Kier alpha value is -1.05. The maximum absolute atomic E-state index is 6.26. The molecule has 2 aromatic rings. The molecule has 0 radical (unpaired) electrons. The molecule has 0 saturated heterocycles. The molecule has 2 aromatic carbocycles. The maximum Gasteiger partial charge on any atom is 0.0344 e. The lowest BCUT2D eigenvalue weighted by molar-refractivity contribution is 0.327. The smallest absolute Gasteiger partial charge is 0.0344 e. The second-order valence-corrected chi connectivity index (χ2v) is 5.45. The van der Waals surface area contributed by atoms with Crippen molar-refractivity contribution >= 4 is 23.2 Å². The fraction of sp³-hybridized carbons (Fsp3) is 0.333.